The Kier molecular flexibility index (Phi) is 6.12. The fourth-order valence-corrected chi connectivity index (χ4v) is 3.47. The smallest absolute Gasteiger partial charge is 0.253 e. The largest absolute Gasteiger partial charge is 0.356 e. The highest BCUT2D eigenvalue weighted by molar-refractivity contribution is 6.30. The molecule has 0 aliphatic carbocycles. The first-order chi connectivity index (χ1) is 13.0. The molecule has 3 rings (SSSR count). The highest BCUT2D eigenvalue weighted by Gasteiger charge is 2.39. The average molecular weight is 387 g/mol. The molecule has 2 heterocycles. The minimum atomic E-state index is -0.386. The monoisotopic (exact) mass is 386 g/mol. The predicted molar refractivity (Wildman–Crippen MR) is 103 cm³/mol. The maximum Gasteiger partial charge on any atom is 0.253 e. The molecule has 7 heteroatoms. The molecule has 1 N–H and O–H groups in total. The summed E-state index contributed by atoms with van der Waals surface area (Å²) >= 11 is 5.88. The number of piperidine rings is 1. The summed E-state index contributed by atoms with van der Waals surface area (Å²) in [5, 5.41) is 11.7. The molecule has 142 valence electrons. The number of carbonyl (C=O) groups excluding carboxylic acids is 2. The van der Waals surface area contributed by atoms with Crippen LogP contribution in [0.4, 0.5) is 0 Å². The fourth-order valence-electron chi connectivity index (χ4n) is 3.35. The summed E-state index contributed by atoms with van der Waals surface area (Å²) in [7, 11) is 0. The van der Waals surface area contributed by atoms with Crippen molar-refractivity contribution >= 4 is 23.4 Å². The lowest BCUT2D eigenvalue weighted by Gasteiger charge is -2.32. The normalized spacial score (nSPS) is 20.0. The van der Waals surface area contributed by atoms with Crippen LogP contribution in [-0.4, -0.2) is 42.0 Å². The Morgan fingerprint density at radius 2 is 2.04 bits per heavy atom. The fraction of sp³-hybridized carbons (Fsp3) is 0.500. The lowest BCUT2D eigenvalue weighted by atomic mass is 9.96. The van der Waals surface area contributed by atoms with Crippen molar-refractivity contribution in [2.45, 2.75) is 37.8 Å². The van der Waals surface area contributed by atoms with E-state index in [1.54, 1.807) is 29.2 Å². The van der Waals surface area contributed by atoms with Crippen molar-refractivity contribution in [1.29, 1.82) is 0 Å². The molecular weight excluding hydrogens is 364 g/mol. The maximum absolute atomic E-state index is 12.6. The molecule has 1 saturated heterocycles. The second-order valence-corrected chi connectivity index (χ2v) is 7.46. The summed E-state index contributed by atoms with van der Waals surface area (Å²) < 4.78 is 0. The number of hydrogen-bond donors (Lipinski definition) is 1. The quantitative estimate of drug-likeness (QED) is 0.730. The van der Waals surface area contributed by atoms with Crippen LogP contribution < -0.4 is 5.32 Å². The highest BCUT2D eigenvalue weighted by atomic mass is 35.5. The van der Waals surface area contributed by atoms with Gasteiger partial charge in [-0.1, -0.05) is 11.6 Å². The number of likely N-dealkylation sites (tertiary alicyclic amines) is 1. The number of hydrogen-bond acceptors (Lipinski definition) is 4. The number of terminal acetylenes is 1. The molecule has 27 heavy (non-hydrogen) atoms. The molecule has 0 bridgehead atoms. The van der Waals surface area contributed by atoms with Crippen molar-refractivity contribution in [2.75, 3.05) is 19.6 Å². The van der Waals surface area contributed by atoms with Crippen molar-refractivity contribution in [1.82, 2.24) is 10.2 Å². The van der Waals surface area contributed by atoms with Gasteiger partial charge < -0.3 is 10.2 Å². The Morgan fingerprint density at radius 3 is 2.70 bits per heavy atom. The lowest BCUT2D eigenvalue weighted by Crippen LogP contribution is -2.45. The summed E-state index contributed by atoms with van der Waals surface area (Å²) in [5.41, 5.74) is 0.205. The van der Waals surface area contributed by atoms with Gasteiger partial charge in [0.2, 0.25) is 5.91 Å². The Balaban J connectivity index is 1.47. The van der Waals surface area contributed by atoms with E-state index in [2.05, 4.69) is 21.5 Å². The summed E-state index contributed by atoms with van der Waals surface area (Å²) in [5.74, 6) is 2.33. The van der Waals surface area contributed by atoms with Crippen LogP contribution in [0.5, 0.6) is 0 Å². The van der Waals surface area contributed by atoms with E-state index in [1.807, 2.05) is 0 Å². The van der Waals surface area contributed by atoms with Crippen LogP contribution in [-0.2, 0) is 4.79 Å². The minimum absolute atomic E-state index is 0.0173. The van der Waals surface area contributed by atoms with Crippen LogP contribution in [0, 0.1) is 18.3 Å². The van der Waals surface area contributed by atoms with Crippen LogP contribution in [0.3, 0.4) is 0 Å². The highest BCUT2D eigenvalue weighted by Crippen LogP contribution is 2.36. The second-order valence-electron chi connectivity index (χ2n) is 7.02. The third kappa shape index (κ3) is 5.08. The Bertz CT molecular complexity index is 763. The molecule has 1 aromatic rings. The molecule has 1 fully saturated rings. The zero-order valence-electron chi connectivity index (χ0n) is 15.2. The third-order valence-electron chi connectivity index (χ3n) is 5.05. The molecule has 6 nitrogen and oxygen atoms in total. The molecule has 0 radical (unpaired) electrons. The van der Waals surface area contributed by atoms with Crippen molar-refractivity contribution < 1.29 is 9.59 Å². The molecule has 1 atom stereocenters. The van der Waals surface area contributed by atoms with Gasteiger partial charge in [-0.15, -0.1) is 12.3 Å². The van der Waals surface area contributed by atoms with E-state index in [0.717, 1.165) is 19.3 Å². The number of carbonyl (C=O) groups is 2. The topological polar surface area (TPSA) is 74.1 Å². The van der Waals surface area contributed by atoms with Crippen LogP contribution >= 0.6 is 11.6 Å². The summed E-state index contributed by atoms with van der Waals surface area (Å²) in [6.07, 6.45) is 8.91. The van der Waals surface area contributed by atoms with Gasteiger partial charge in [0.25, 0.3) is 5.91 Å². The molecule has 0 spiro atoms. The van der Waals surface area contributed by atoms with Crippen LogP contribution in [0.2, 0.25) is 5.02 Å². The van der Waals surface area contributed by atoms with Crippen LogP contribution in [0.15, 0.2) is 34.5 Å². The molecule has 0 saturated carbocycles. The van der Waals surface area contributed by atoms with E-state index in [1.165, 1.54) is 0 Å². The van der Waals surface area contributed by atoms with Gasteiger partial charge >= 0.3 is 0 Å². The lowest BCUT2D eigenvalue weighted by molar-refractivity contribution is -0.126. The zero-order chi connectivity index (χ0) is 19.3. The third-order valence-corrected chi connectivity index (χ3v) is 5.30. The summed E-state index contributed by atoms with van der Waals surface area (Å²) in [4.78, 5) is 26.9. The first-order valence-electron chi connectivity index (χ1n) is 9.23. The molecule has 2 amide bonds. The van der Waals surface area contributed by atoms with Gasteiger partial charge in [0, 0.05) is 49.5 Å². The van der Waals surface area contributed by atoms with Crippen molar-refractivity contribution in [3.05, 3.63) is 34.9 Å². The van der Waals surface area contributed by atoms with Gasteiger partial charge in [0.15, 0.2) is 5.66 Å². The van der Waals surface area contributed by atoms with E-state index in [4.69, 9.17) is 18.0 Å². The number of nitrogens with one attached hydrogen (secondary N) is 1. The maximum atomic E-state index is 12.6. The molecule has 1 aromatic carbocycles. The molecule has 2 aliphatic heterocycles. The molecule has 2 aliphatic rings. The first kappa shape index (κ1) is 19.4. The summed E-state index contributed by atoms with van der Waals surface area (Å²) in [6.45, 7) is 1.61. The second kappa shape index (κ2) is 8.53. The van der Waals surface area contributed by atoms with Crippen molar-refractivity contribution in [3.8, 4) is 12.3 Å². The predicted octanol–water partition coefficient (Wildman–Crippen LogP) is 3.27. The van der Waals surface area contributed by atoms with Crippen LogP contribution in [0.1, 0.15) is 42.5 Å². The number of benzene rings is 1. The molecule has 0 aromatic heterocycles. The van der Waals surface area contributed by atoms with Crippen molar-refractivity contribution in [2.24, 2.45) is 16.1 Å². The van der Waals surface area contributed by atoms with E-state index in [0.29, 0.717) is 43.1 Å². The van der Waals surface area contributed by atoms with E-state index < -0.39 is 0 Å². The van der Waals surface area contributed by atoms with Crippen molar-refractivity contribution in [3.63, 3.8) is 0 Å². The van der Waals surface area contributed by atoms with Gasteiger partial charge in [0.05, 0.1) is 5.92 Å². The number of rotatable bonds is 7. The van der Waals surface area contributed by atoms with Gasteiger partial charge in [-0.05, 0) is 37.1 Å². The number of halogens is 1. The van der Waals surface area contributed by atoms with Gasteiger partial charge in [-0.25, -0.2) is 0 Å². The zero-order valence-corrected chi connectivity index (χ0v) is 15.9. The van der Waals surface area contributed by atoms with Gasteiger partial charge in [-0.3, -0.25) is 9.59 Å². The average Bonchev–Trinajstić information content (AvgIpc) is 3.46. The summed E-state index contributed by atoms with van der Waals surface area (Å²) in [6, 6.07) is 6.83. The number of nitrogens with zero attached hydrogens (tertiary/aromatic N) is 3. The Morgan fingerprint density at radius 1 is 1.30 bits per heavy atom. The minimum Gasteiger partial charge on any atom is -0.356 e. The van der Waals surface area contributed by atoms with E-state index >= 15 is 0 Å². The van der Waals surface area contributed by atoms with E-state index in [9.17, 15) is 9.59 Å². The van der Waals surface area contributed by atoms with Gasteiger partial charge in [-0.2, -0.15) is 10.2 Å². The Labute approximate surface area is 164 Å². The SMILES string of the molecule is C#CCCC1(CCNC(=O)C2CCCN(C(=O)c3ccc(Cl)cc3)C2)N=N1. The first-order valence-corrected chi connectivity index (χ1v) is 9.61. The number of amides is 2. The van der Waals surface area contributed by atoms with E-state index in [-0.39, 0.29) is 23.4 Å². The molecule has 1 unspecified atom stereocenters. The molecular formula is C20H23ClN4O2. The van der Waals surface area contributed by atoms with Gasteiger partial charge in [0.1, 0.15) is 0 Å². The Hall–Kier alpha value is -2.39. The standard InChI is InChI=1S/C20H23ClN4O2/c1-2-3-10-20(23-24-20)11-12-22-18(26)16-5-4-13-25(14-16)19(27)15-6-8-17(21)9-7-15/h1,6-9,16H,3-5,10-14H2,(H,22,26). The van der Waals surface area contributed by atoms with Crippen LogP contribution in [0.25, 0.3) is 0 Å².